The van der Waals surface area contributed by atoms with E-state index >= 15 is 0 Å². The quantitative estimate of drug-likeness (QED) is 0.839. The summed E-state index contributed by atoms with van der Waals surface area (Å²) in [5, 5.41) is 7.14. The average Bonchev–Trinajstić information content (AvgIpc) is 3.16. The number of likely N-dealkylation sites (tertiary alicyclic amines) is 1. The van der Waals surface area contributed by atoms with Crippen molar-refractivity contribution in [1.29, 1.82) is 0 Å². The second-order valence-electron chi connectivity index (χ2n) is 6.86. The van der Waals surface area contributed by atoms with E-state index in [-0.39, 0.29) is 11.9 Å². The zero-order chi connectivity index (χ0) is 17.5. The first kappa shape index (κ1) is 17.6. The van der Waals surface area contributed by atoms with Crippen molar-refractivity contribution in [3.63, 3.8) is 0 Å². The van der Waals surface area contributed by atoms with Crippen molar-refractivity contribution < 1.29 is 4.79 Å². The SMILES string of the molecule is CC1CCN(C(CNC(=O)CCn2cncn2)c2ccccc2)CC1. The number of amides is 1. The molecule has 0 saturated carbocycles. The lowest BCUT2D eigenvalue weighted by Crippen LogP contribution is -2.42. The van der Waals surface area contributed by atoms with Gasteiger partial charge >= 0.3 is 0 Å². The summed E-state index contributed by atoms with van der Waals surface area (Å²) in [5.74, 6) is 0.853. The van der Waals surface area contributed by atoms with E-state index in [0.717, 1.165) is 19.0 Å². The molecular weight excluding hydrogens is 314 g/mol. The maximum atomic E-state index is 12.2. The highest BCUT2D eigenvalue weighted by Gasteiger charge is 2.24. The third-order valence-electron chi connectivity index (χ3n) is 4.97. The van der Waals surface area contributed by atoms with Crippen molar-refractivity contribution in [1.82, 2.24) is 25.0 Å². The number of hydrogen-bond donors (Lipinski definition) is 1. The van der Waals surface area contributed by atoms with E-state index in [9.17, 15) is 4.79 Å². The molecule has 1 fully saturated rings. The fourth-order valence-corrected chi connectivity index (χ4v) is 3.34. The summed E-state index contributed by atoms with van der Waals surface area (Å²) in [6, 6.07) is 10.7. The number of nitrogens with one attached hydrogen (secondary N) is 1. The lowest BCUT2D eigenvalue weighted by Gasteiger charge is -2.37. The van der Waals surface area contributed by atoms with Crippen LogP contribution in [0.4, 0.5) is 0 Å². The summed E-state index contributed by atoms with van der Waals surface area (Å²) in [4.78, 5) is 18.6. The van der Waals surface area contributed by atoms with Crippen LogP contribution in [0.1, 0.15) is 37.8 Å². The Balaban J connectivity index is 1.56. The molecule has 25 heavy (non-hydrogen) atoms. The minimum absolute atomic E-state index is 0.0572. The van der Waals surface area contributed by atoms with E-state index in [1.54, 1.807) is 11.0 Å². The minimum Gasteiger partial charge on any atom is -0.354 e. The highest BCUT2D eigenvalue weighted by molar-refractivity contribution is 5.75. The number of nitrogens with zero attached hydrogens (tertiary/aromatic N) is 4. The number of aromatic nitrogens is 3. The Hall–Kier alpha value is -2.21. The van der Waals surface area contributed by atoms with E-state index in [1.165, 1.54) is 24.7 Å². The molecule has 2 aromatic rings. The fraction of sp³-hybridized carbons (Fsp3) is 0.526. The Kier molecular flexibility index (Phi) is 6.17. The molecule has 1 saturated heterocycles. The van der Waals surface area contributed by atoms with Gasteiger partial charge in [0, 0.05) is 13.0 Å². The lowest BCUT2D eigenvalue weighted by molar-refractivity contribution is -0.121. The number of hydrogen-bond acceptors (Lipinski definition) is 4. The topological polar surface area (TPSA) is 63.1 Å². The van der Waals surface area contributed by atoms with Crippen molar-refractivity contribution in [3.05, 3.63) is 48.5 Å². The van der Waals surface area contributed by atoms with Crippen LogP contribution in [0.3, 0.4) is 0 Å². The van der Waals surface area contributed by atoms with Gasteiger partial charge in [0.2, 0.25) is 5.91 Å². The number of rotatable bonds is 7. The molecule has 0 spiro atoms. The molecule has 2 heterocycles. The summed E-state index contributed by atoms with van der Waals surface area (Å²) in [5.41, 5.74) is 1.27. The van der Waals surface area contributed by atoms with Gasteiger partial charge in [0.15, 0.2) is 0 Å². The van der Waals surface area contributed by atoms with E-state index < -0.39 is 0 Å². The molecule has 1 aromatic carbocycles. The first-order chi connectivity index (χ1) is 12.2. The van der Waals surface area contributed by atoms with E-state index in [4.69, 9.17) is 0 Å². The maximum absolute atomic E-state index is 12.2. The van der Waals surface area contributed by atoms with Crippen LogP contribution in [0.2, 0.25) is 0 Å². The second kappa shape index (κ2) is 8.76. The molecule has 0 aliphatic carbocycles. The lowest BCUT2D eigenvalue weighted by atomic mass is 9.95. The van der Waals surface area contributed by atoms with Crippen LogP contribution in [-0.2, 0) is 11.3 Å². The molecule has 134 valence electrons. The molecule has 1 unspecified atom stereocenters. The molecule has 3 rings (SSSR count). The van der Waals surface area contributed by atoms with Crippen LogP contribution < -0.4 is 5.32 Å². The van der Waals surface area contributed by atoms with Gasteiger partial charge < -0.3 is 5.32 Å². The van der Waals surface area contributed by atoms with Gasteiger partial charge in [-0.2, -0.15) is 5.10 Å². The maximum Gasteiger partial charge on any atom is 0.221 e. The summed E-state index contributed by atoms with van der Waals surface area (Å²) < 4.78 is 1.68. The zero-order valence-electron chi connectivity index (χ0n) is 14.8. The predicted octanol–water partition coefficient (Wildman–Crippen LogP) is 2.26. The van der Waals surface area contributed by atoms with Gasteiger partial charge in [-0.05, 0) is 37.4 Å². The minimum atomic E-state index is 0.0572. The molecule has 0 radical (unpaired) electrons. The standard InChI is InChI=1S/C19H27N5O/c1-16-7-10-23(11-8-16)18(17-5-3-2-4-6-17)13-21-19(25)9-12-24-15-20-14-22-24/h2-6,14-16,18H,7-13H2,1H3,(H,21,25). The van der Waals surface area contributed by atoms with Gasteiger partial charge in [0.1, 0.15) is 12.7 Å². The molecule has 1 aliphatic heterocycles. The first-order valence-corrected chi connectivity index (χ1v) is 9.10. The monoisotopic (exact) mass is 341 g/mol. The van der Waals surface area contributed by atoms with Crippen LogP contribution in [0.15, 0.2) is 43.0 Å². The third kappa shape index (κ3) is 5.13. The van der Waals surface area contributed by atoms with Crippen molar-refractivity contribution in [2.24, 2.45) is 5.92 Å². The summed E-state index contributed by atoms with van der Waals surface area (Å²) in [7, 11) is 0. The van der Waals surface area contributed by atoms with Crippen molar-refractivity contribution in [2.75, 3.05) is 19.6 Å². The molecule has 1 atom stereocenters. The summed E-state index contributed by atoms with van der Waals surface area (Å²) >= 11 is 0. The largest absolute Gasteiger partial charge is 0.354 e. The Morgan fingerprint density at radius 2 is 2.04 bits per heavy atom. The van der Waals surface area contributed by atoms with Gasteiger partial charge in [-0.15, -0.1) is 0 Å². The average molecular weight is 341 g/mol. The van der Waals surface area contributed by atoms with Gasteiger partial charge in [-0.3, -0.25) is 14.4 Å². The number of piperidine rings is 1. The first-order valence-electron chi connectivity index (χ1n) is 9.10. The predicted molar refractivity (Wildman–Crippen MR) is 96.8 cm³/mol. The van der Waals surface area contributed by atoms with Crippen LogP contribution >= 0.6 is 0 Å². The van der Waals surface area contributed by atoms with Gasteiger partial charge in [0.05, 0.1) is 12.6 Å². The smallest absolute Gasteiger partial charge is 0.221 e. The molecule has 1 aromatic heterocycles. The van der Waals surface area contributed by atoms with Crippen molar-refractivity contribution >= 4 is 5.91 Å². The second-order valence-corrected chi connectivity index (χ2v) is 6.86. The molecule has 6 nitrogen and oxygen atoms in total. The van der Waals surface area contributed by atoms with Gasteiger partial charge in [0.25, 0.3) is 0 Å². The van der Waals surface area contributed by atoms with E-state index in [2.05, 4.69) is 51.5 Å². The summed E-state index contributed by atoms with van der Waals surface area (Å²) in [6.07, 6.45) is 5.99. The number of aryl methyl sites for hydroxylation is 1. The Morgan fingerprint density at radius 3 is 2.72 bits per heavy atom. The molecule has 0 bridgehead atoms. The zero-order valence-corrected chi connectivity index (χ0v) is 14.8. The summed E-state index contributed by atoms with van der Waals surface area (Å²) in [6.45, 7) is 5.71. The van der Waals surface area contributed by atoms with Crippen LogP contribution in [0.5, 0.6) is 0 Å². The van der Waals surface area contributed by atoms with Crippen LogP contribution in [0, 0.1) is 5.92 Å². The van der Waals surface area contributed by atoms with Crippen LogP contribution in [-0.4, -0.2) is 45.2 Å². The van der Waals surface area contributed by atoms with Gasteiger partial charge in [-0.25, -0.2) is 4.98 Å². The number of carbonyl (C=O) groups excluding carboxylic acids is 1. The molecular formula is C19H27N5O. The Labute approximate surface area is 149 Å². The fourth-order valence-electron chi connectivity index (χ4n) is 3.34. The molecule has 1 amide bonds. The Bertz CT molecular complexity index is 635. The van der Waals surface area contributed by atoms with Crippen molar-refractivity contribution in [3.8, 4) is 0 Å². The third-order valence-corrected chi connectivity index (χ3v) is 4.97. The molecule has 1 N–H and O–H groups in total. The number of benzene rings is 1. The van der Waals surface area contributed by atoms with Crippen molar-refractivity contribution in [2.45, 2.75) is 38.8 Å². The molecule has 6 heteroatoms. The molecule has 1 aliphatic rings. The van der Waals surface area contributed by atoms with E-state index in [1.807, 2.05) is 6.07 Å². The van der Waals surface area contributed by atoms with Crippen LogP contribution in [0.25, 0.3) is 0 Å². The van der Waals surface area contributed by atoms with Gasteiger partial charge in [-0.1, -0.05) is 37.3 Å². The normalized spacial score (nSPS) is 17.3. The number of carbonyl (C=O) groups is 1. The highest BCUT2D eigenvalue weighted by atomic mass is 16.1. The highest BCUT2D eigenvalue weighted by Crippen LogP contribution is 2.26. The van der Waals surface area contributed by atoms with E-state index in [0.29, 0.717) is 19.5 Å². The Morgan fingerprint density at radius 1 is 1.28 bits per heavy atom.